The van der Waals surface area contributed by atoms with E-state index < -0.39 is 0 Å². The Balaban J connectivity index is 1.61. The number of likely N-dealkylation sites (N-methyl/N-ethyl adjacent to an activating group) is 1. The highest BCUT2D eigenvalue weighted by Gasteiger charge is 2.45. The molecule has 3 atom stereocenters. The van der Waals surface area contributed by atoms with Gasteiger partial charge < -0.3 is 9.80 Å². The van der Waals surface area contributed by atoms with E-state index in [1.807, 2.05) is 4.90 Å². The summed E-state index contributed by atoms with van der Waals surface area (Å²) in [7, 11) is 2.34. The molecule has 3 aliphatic rings. The van der Waals surface area contributed by atoms with Gasteiger partial charge in [0.1, 0.15) is 26.2 Å². The predicted octanol–water partition coefficient (Wildman–Crippen LogP) is -1.41. The molecule has 0 radical (unpaired) electrons. The fourth-order valence-electron chi connectivity index (χ4n) is 4.11. The van der Waals surface area contributed by atoms with Gasteiger partial charge in [0, 0.05) is 12.3 Å². The average Bonchev–Trinajstić information content (AvgIpc) is 2.80. The van der Waals surface area contributed by atoms with Crippen molar-refractivity contribution in [2.24, 2.45) is 11.8 Å². The number of hydrogen-bond acceptors (Lipinski definition) is 0. The Morgan fingerprint density at radius 2 is 1.71 bits per heavy atom. The van der Waals surface area contributed by atoms with Gasteiger partial charge in [-0.15, -0.1) is 0 Å². The van der Waals surface area contributed by atoms with Crippen LogP contribution in [-0.4, -0.2) is 39.3 Å². The molecule has 3 rings (SSSR count). The highest BCUT2D eigenvalue weighted by molar-refractivity contribution is 4.90. The molecule has 2 aliphatic carbocycles. The Labute approximate surface area is 87.3 Å². The van der Waals surface area contributed by atoms with E-state index in [0.717, 1.165) is 17.9 Å². The molecule has 3 fully saturated rings. The lowest BCUT2D eigenvalue weighted by Gasteiger charge is -2.35. The van der Waals surface area contributed by atoms with Crippen molar-refractivity contribution in [2.45, 2.75) is 31.7 Å². The first kappa shape index (κ1) is 9.17. The lowest BCUT2D eigenvalue weighted by molar-refractivity contribution is -1.02. The number of rotatable bonds is 1. The number of nitrogens with one attached hydrogen (secondary N) is 2. The van der Waals surface area contributed by atoms with Crippen LogP contribution in [0.3, 0.4) is 0 Å². The van der Waals surface area contributed by atoms with E-state index >= 15 is 0 Å². The quantitative estimate of drug-likeness (QED) is 0.510. The second-order valence-corrected chi connectivity index (χ2v) is 5.90. The first-order valence-electron chi connectivity index (χ1n) is 6.49. The van der Waals surface area contributed by atoms with E-state index in [1.165, 1.54) is 26.2 Å². The molecule has 2 N–H and O–H groups in total. The topological polar surface area (TPSA) is 8.88 Å². The summed E-state index contributed by atoms with van der Waals surface area (Å²) in [6.45, 7) is 5.70. The van der Waals surface area contributed by atoms with Gasteiger partial charge in [-0.2, -0.15) is 0 Å². The van der Waals surface area contributed by atoms with E-state index in [0.29, 0.717) is 0 Å². The van der Waals surface area contributed by atoms with Gasteiger partial charge in [0.2, 0.25) is 0 Å². The zero-order valence-corrected chi connectivity index (χ0v) is 9.39. The molecular formula is C12H24N2+2. The molecule has 0 unspecified atom stereocenters. The average molecular weight is 196 g/mol. The Morgan fingerprint density at radius 3 is 2.29 bits per heavy atom. The molecule has 2 heteroatoms. The number of quaternary nitrogens is 2. The standard InChI is InChI=1S/C12H22N2/c1-13-4-6-14(7-5-13)12-9-10-2-3-11(12)8-10/h10-12H,2-9H2,1H3/p+2/t10-,11-,12+/m1/s1. The van der Waals surface area contributed by atoms with Crippen LogP contribution in [0.2, 0.25) is 0 Å². The van der Waals surface area contributed by atoms with Crippen molar-refractivity contribution in [1.82, 2.24) is 0 Å². The van der Waals surface area contributed by atoms with Crippen molar-refractivity contribution in [3.8, 4) is 0 Å². The molecule has 1 heterocycles. The first-order valence-corrected chi connectivity index (χ1v) is 6.49. The molecule has 1 aliphatic heterocycles. The van der Waals surface area contributed by atoms with Crippen molar-refractivity contribution < 1.29 is 9.80 Å². The van der Waals surface area contributed by atoms with Crippen LogP contribution in [0.4, 0.5) is 0 Å². The number of hydrogen-bond donors (Lipinski definition) is 2. The van der Waals surface area contributed by atoms with E-state index in [-0.39, 0.29) is 0 Å². The van der Waals surface area contributed by atoms with Crippen LogP contribution in [0.15, 0.2) is 0 Å². The minimum atomic E-state index is 1.07. The summed E-state index contributed by atoms with van der Waals surface area (Å²) >= 11 is 0. The van der Waals surface area contributed by atoms with Gasteiger partial charge in [-0.1, -0.05) is 0 Å². The van der Waals surface area contributed by atoms with E-state index in [4.69, 9.17) is 0 Å². The summed E-state index contributed by atoms with van der Waals surface area (Å²) in [6.07, 6.45) is 6.26. The minimum absolute atomic E-state index is 1.07. The molecule has 2 nitrogen and oxygen atoms in total. The predicted molar refractivity (Wildman–Crippen MR) is 56.6 cm³/mol. The van der Waals surface area contributed by atoms with E-state index in [2.05, 4.69) is 7.05 Å². The van der Waals surface area contributed by atoms with Crippen molar-refractivity contribution in [3.05, 3.63) is 0 Å². The third-order valence-electron chi connectivity index (χ3n) is 5.01. The molecule has 0 spiro atoms. The zero-order chi connectivity index (χ0) is 9.54. The molecule has 14 heavy (non-hydrogen) atoms. The van der Waals surface area contributed by atoms with Crippen LogP contribution < -0.4 is 9.80 Å². The fourth-order valence-corrected chi connectivity index (χ4v) is 4.11. The van der Waals surface area contributed by atoms with Gasteiger partial charge >= 0.3 is 0 Å². The molecule has 0 aromatic heterocycles. The van der Waals surface area contributed by atoms with Crippen molar-refractivity contribution >= 4 is 0 Å². The van der Waals surface area contributed by atoms with Crippen molar-refractivity contribution in [3.63, 3.8) is 0 Å². The Kier molecular flexibility index (Phi) is 2.29. The lowest BCUT2D eigenvalue weighted by Crippen LogP contribution is -3.28. The molecule has 0 amide bonds. The zero-order valence-electron chi connectivity index (χ0n) is 9.39. The lowest BCUT2D eigenvalue weighted by atomic mass is 9.93. The molecule has 0 aromatic carbocycles. The van der Waals surface area contributed by atoms with Crippen LogP contribution >= 0.6 is 0 Å². The number of piperazine rings is 1. The smallest absolute Gasteiger partial charge is 0.127 e. The normalized spacial score (nSPS) is 52.5. The summed E-state index contributed by atoms with van der Waals surface area (Å²) in [5.41, 5.74) is 0. The van der Waals surface area contributed by atoms with E-state index in [1.54, 1.807) is 30.6 Å². The molecule has 2 bridgehead atoms. The summed E-state index contributed by atoms with van der Waals surface area (Å²) in [5.74, 6) is 2.25. The fraction of sp³-hybridized carbons (Fsp3) is 1.00. The maximum atomic E-state index is 2.34. The van der Waals surface area contributed by atoms with Gasteiger partial charge in [-0.05, 0) is 25.2 Å². The Morgan fingerprint density at radius 1 is 0.929 bits per heavy atom. The SMILES string of the molecule is C[NH+]1CC[NH+]([C@H]2C[C@@H]3CC[C@@H]2C3)CC1. The summed E-state index contributed by atoms with van der Waals surface area (Å²) < 4.78 is 0. The Hall–Kier alpha value is -0.0800. The molecule has 0 aromatic rings. The maximum Gasteiger partial charge on any atom is 0.127 e. The van der Waals surface area contributed by atoms with Gasteiger partial charge in [0.25, 0.3) is 0 Å². The minimum Gasteiger partial charge on any atom is -0.328 e. The first-order chi connectivity index (χ1) is 6.83. The summed E-state index contributed by atoms with van der Waals surface area (Å²) in [4.78, 5) is 3.71. The monoisotopic (exact) mass is 196 g/mol. The second-order valence-electron chi connectivity index (χ2n) is 5.90. The van der Waals surface area contributed by atoms with Crippen LogP contribution in [-0.2, 0) is 0 Å². The second kappa shape index (κ2) is 3.49. The van der Waals surface area contributed by atoms with Crippen LogP contribution in [0, 0.1) is 11.8 Å². The van der Waals surface area contributed by atoms with Crippen LogP contribution in [0.1, 0.15) is 25.7 Å². The van der Waals surface area contributed by atoms with Crippen LogP contribution in [0.5, 0.6) is 0 Å². The van der Waals surface area contributed by atoms with Gasteiger partial charge in [-0.25, -0.2) is 0 Å². The van der Waals surface area contributed by atoms with Crippen LogP contribution in [0.25, 0.3) is 0 Å². The number of fused-ring (bicyclic) bond motifs is 2. The summed E-state index contributed by atoms with van der Waals surface area (Å²) in [5, 5.41) is 0. The van der Waals surface area contributed by atoms with Gasteiger partial charge in [0.15, 0.2) is 0 Å². The molecule has 2 saturated carbocycles. The van der Waals surface area contributed by atoms with Crippen molar-refractivity contribution in [1.29, 1.82) is 0 Å². The van der Waals surface area contributed by atoms with Gasteiger partial charge in [-0.3, -0.25) is 0 Å². The largest absolute Gasteiger partial charge is 0.328 e. The highest BCUT2D eigenvalue weighted by atomic mass is 15.3. The van der Waals surface area contributed by atoms with Gasteiger partial charge in [0.05, 0.1) is 13.1 Å². The molecule has 80 valence electrons. The third kappa shape index (κ3) is 1.49. The van der Waals surface area contributed by atoms with Crippen molar-refractivity contribution in [2.75, 3.05) is 33.2 Å². The highest BCUT2D eigenvalue weighted by Crippen LogP contribution is 2.43. The maximum absolute atomic E-state index is 2.34. The summed E-state index contributed by atoms with van der Waals surface area (Å²) in [6, 6.07) is 1.07. The molecular weight excluding hydrogens is 172 g/mol. The molecule has 1 saturated heterocycles. The van der Waals surface area contributed by atoms with E-state index in [9.17, 15) is 0 Å². The third-order valence-corrected chi connectivity index (χ3v) is 5.01. The Bertz CT molecular complexity index is 208.